The summed E-state index contributed by atoms with van der Waals surface area (Å²) in [5.41, 5.74) is 3.21. The second kappa shape index (κ2) is 7.30. The Balaban J connectivity index is 1.56. The SMILES string of the molecule is Cc1cccc(C=CC(=O)N2CCN(c3ccc(F)cc3)CC2)c1. The molecule has 0 bridgehead atoms. The third-order valence-corrected chi connectivity index (χ3v) is 4.24. The van der Waals surface area contributed by atoms with Crippen molar-refractivity contribution in [2.75, 3.05) is 31.1 Å². The number of anilines is 1. The van der Waals surface area contributed by atoms with E-state index in [1.54, 1.807) is 18.2 Å². The van der Waals surface area contributed by atoms with E-state index in [-0.39, 0.29) is 11.7 Å². The lowest BCUT2D eigenvalue weighted by atomic mass is 10.1. The van der Waals surface area contributed by atoms with E-state index in [0.29, 0.717) is 13.1 Å². The second-order valence-electron chi connectivity index (χ2n) is 6.04. The van der Waals surface area contributed by atoms with E-state index in [1.165, 1.54) is 17.7 Å². The van der Waals surface area contributed by atoms with Gasteiger partial charge in [0.25, 0.3) is 0 Å². The van der Waals surface area contributed by atoms with Crippen molar-refractivity contribution >= 4 is 17.7 Å². The number of carbonyl (C=O) groups excluding carboxylic acids is 1. The maximum absolute atomic E-state index is 13.0. The van der Waals surface area contributed by atoms with E-state index in [2.05, 4.69) is 11.0 Å². The molecule has 24 heavy (non-hydrogen) atoms. The highest BCUT2D eigenvalue weighted by molar-refractivity contribution is 5.92. The summed E-state index contributed by atoms with van der Waals surface area (Å²) in [6, 6.07) is 14.6. The topological polar surface area (TPSA) is 23.6 Å². The first-order valence-electron chi connectivity index (χ1n) is 8.16. The molecule has 0 N–H and O–H groups in total. The van der Waals surface area contributed by atoms with Crippen LogP contribution in [0.25, 0.3) is 6.08 Å². The van der Waals surface area contributed by atoms with Gasteiger partial charge in [-0.2, -0.15) is 0 Å². The Labute approximate surface area is 142 Å². The van der Waals surface area contributed by atoms with Crippen LogP contribution in [0.1, 0.15) is 11.1 Å². The summed E-state index contributed by atoms with van der Waals surface area (Å²) in [5.74, 6) is -0.191. The molecule has 1 fully saturated rings. The molecule has 0 unspecified atom stereocenters. The van der Waals surface area contributed by atoms with Crippen molar-refractivity contribution in [1.82, 2.24) is 4.90 Å². The summed E-state index contributed by atoms with van der Waals surface area (Å²) in [5, 5.41) is 0. The molecule has 0 radical (unpaired) electrons. The molecule has 4 heteroatoms. The number of hydrogen-bond donors (Lipinski definition) is 0. The van der Waals surface area contributed by atoms with Crippen molar-refractivity contribution in [1.29, 1.82) is 0 Å². The van der Waals surface area contributed by atoms with Gasteiger partial charge in [-0.3, -0.25) is 4.79 Å². The number of nitrogens with zero attached hydrogens (tertiary/aromatic N) is 2. The van der Waals surface area contributed by atoms with Gasteiger partial charge in [0.15, 0.2) is 0 Å². The molecule has 2 aromatic rings. The van der Waals surface area contributed by atoms with Crippen molar-refractivity contribution in [2.24, 2.45) is 0 Å². The van der Waals surface area contributed by atoms with Gasteiger partial charge in [-0.15, -0.1) is 0 Å². The van der Waals surface area contributed by atoms with Crippen molar-refractivity contribution < 1.29 is 9.18 Å². The maximum Gasteiger partial charge on any atom is 0.246 e. The predicted octanol–water partition coefficient (Wildman–Crippen LogP) is 3.50. The number of amides is 1. The fourth-order valence-electron chi connectivity index (χ4n) is 2.88. The van der Waals surface area contributed by atoms with Gasteiger partial charge in [-0.25, -0.2) is 4.39 Å². The summed E-state index contributed by atoms with van der Waals surface area (Å²) in [4.78, 5) is 16.3. The van der Waals surface area contributed by atoms with E-state index in [1.807, 2.05) is 36.1 Å². The summed E-state index contributed by atoms with van der Waals surface area (Å²) in [7, 11) is 0. The van der Waals surface area contributed by atoms with Crippen LogP contribution in [0, 0.1) is 12.7 Å². The van der Waals surface area contributed by atoms with Gasteiger partial charge in [0.1, 0.15) is 5.82 Å². The highest BCUT2D eigenvalue weighted by atomic mass is 19.1. The monoisotopic (exact) mass is 324 g/mol. The van der Waals surface area contributed by atoms with Crippen LogP contribution in [0.4, 0.5) is 10.1 Å². The van der Waals surface area contributed by atoms with Gasteiger partial charge in [0.05, 0.1) is 0 Å². The fraction of sp³-hybridized carbons (Fsp3) is 0.250. The minimum absolute atomic E-state index is 0.0373. The van der Waals surface area contributed by atoms with Crippen molar-refractivity contribution in [3.8, 4) is 0 Å². The molecule has 1 saturated heterocycles. The standard InChI is InChI=1S/C20H21FN2O/c1-16-3-2-4-17(15-16)5-10-20(24)23-13-11-22(12-14-23)19-8-6-18(21)7-9-19/h2-10,15H,11-14H2,1H3. The molecule has 124 valence electrons. The minimum Gasteiger partial charge on any atom is -0.368 e. The van der Waals surface area contributed by atoms with Crippen LogP contribution in [-0.4, -0.2) is 37.0 Å². The third-order valence-electron chi connectivity index (χ3n) is 4.24. The number of piperazine rings is 1. The molecule has 0 saturated carbocycles. The van der Waals surface area contributed by atoms with E-state index >= 15 is 0 Å². The predicted molar refractivity (Wildman–Crippen MR) is 95.4 cm³/mol. The molecule has 0 atom stereocenters. The lowest BCUT2D eigenvalue weighted by Gasteiger charge is -2.35. The van der Waals surface area contributed by atoms with Gasteiger partial charge < -0.3 is 9.80 Å². The largest absolute Gasteiger partial charge is 0.368 e. The molecule has 1 aliphatic rings. The zero-order valence-electron chi connectivity index (χ0n) is 13.8. The van der Waals surface area contributed by atoms with Gasteiger partial charge in [0.2, 0.25) is 5.91 Å². The average molecular weight is 324 g/mol. The molecule has 1 aliphatic heterocycles. The van der Waals surface area contributed by atoms with Crippen molar-refractivity contribution in [2.45, 2.75) is 6.92 Å². The van der Waals surface area contributed by atoms with Crippen LogP contribution >= 0.6 is 0 Å². The van der Waals surface area contributed by atoms with Crippen LogP contribution in [0.5, 0.6) is 0 Å². The second-order valence-corrected chi connectivity index (χ2v) is 6.04. The van der Waals surface area contributed by atoms with Gasteiger partial charge in [0, 0.05) is 37.9 Å². The first kappa shape index (κ1) is 16.2. The molecule has 1 amide bonds. The number of aryl methyl sites for hydroxylation is 1. The molecular weight excluding hydrogens is 303 g/mol. The molecule has 0 spiro atoms. The van der Waals surface area contributed by atoms with Crippen molar-refractivity contribution in [3.63, 3.8) is 0 Å². The molecule has 3 rings (SSSR count). The molecule has 0 aromatic heterocycles. The van der Waals surface area contributed by atoms with Crippen LogP contribution in [0.3, 0.4) is 0 Å². The van der Waals surface area contributed by atoms with E-state index in [9.17, 15) is 9.18 Å². The average Bonchev–Trinajstić information content (AvgIpc) is 2.61. The Morgan fingerprint density at radius 2 is 1.75 bits per heavy atom. The molecule has 1 heterocycles. The number of benzene rings is 2. The lowest BCUT2D eigenvalue weighted by Crippen LogP contribution is -2.48. The Kier molecular flexibility index (Phi) is 4.94. The Bertz CT molecular complexity index is 732. The van der Waals surface area contributed by atoms with Crippen LogP contribution in [0.15, 0.2) is 54.6 Å². The minimum atomic E-state index is -0.228. The zero-order valence-corrected chi connectivity index (χ0v) is 13.8. The van der Waals surface area contributed by atoms with Crippen LogP contribution in [0.2, 0.25) is 0 Å². The fourth-order valence-corrected chi connectivity index (χ4v) is 2.88. The summed E-state index contributed by atoms with van der Waals surface area (Å²) >= 11 is 0. The number of halogens is 1. The van der Waals surface area contributed by atoms with Crippen molar-refractivity contribution in [3.05, 3.63) is 71.6 Å². The molecular formula is C20H21FN2O. The first-order valence-corrected chi connectivity index (χ1v) is 8.16. The quantitative estimate of drug-likeness (QED) is 0.807. The highest BCUT2D eigenvalue weighted by Crippen LogP contribution is 2.17. The lowest BCUT2D eigenvalue weighted by molar-refractivity contribution is -0.126. The number of hydrogen-bond acceptors (Lipinski definition) is 2. The summed E-state index contributed by atoms with van der Waals surface area (Å²) in [6.07, 6.45) is 3.50. The molecule has 2 aromatic carbocycles. The molecule has 3 nitrogen and oxygen atoms in total. The normalized spacial score (nSPS) is 15.1. The first-order chi connectivity index (χ1) is 11.6. The van der Waals surface area contributed by atoms with Crippen LogP contribution in [-0.2, 0) is 4.79 Å². The van der Waals surface area contributed by atoms with E-state index in [4.69, 9.17) is 0 Å². The van der Waals surface area contributed by atoms with E-state index < -0.39 is 0 Å². The highest BCUT2D eigenvalue weighted by Gasteiger charge is 2.19. The van der Waals surface area contributed by atoms with Crippen LogP contribution < -0.4 is 4.90 Å². The number of carbonyl (C=O) groups is 1. The Morgan fingerprint density at radius 3 is 2.42 bits per heavy atom. The van der Waals surface area contributed by atoms with Gasteiger partial charge in [-0.05, 0) is 42.8 Å². The summed E-state index contributed by atoms with van der Waals surface area (Å²) < 4.78 is 13.0. The van der Waals surface area contributed by atoms with E-state index in [0.717, 1.165) is 24.3 Å². The Hall–Kier alpha value is -2.62. The third kappa shape index (κ3) is 4.02. The van der Waals surface area contributed by atoms with Gasteiger partial charge in [-0.1, -0.05) is 29.8 Å². The van der Waals surface area contributed by atoms with Gasteiger partial charge >= 0.3 is 0 Å². The smallest absolute Gasteiger partial charge is 0.246 e. The molecule has 0 aliphatic carbocycles. The summed E-state index contributed by atoms with van der Waals surface area (Å²) in [6.45, 7) is 4.90. The maximum atomic E-state index is 13.0. The Morgan fingerprint density at radius 1 is 1.04 bits per heavy atom. The zero-order chi connectivity index (χ0) is 16.9. The number of rotatable bonds is 3.